The number of imidazole rings is 1. The minimum Gasteiger partial charge on any atom is -0.493 e. The Morgan fingerprint density at radius 3 is 2.89 bits per heavy atom. The largest absolute Gasteiger partial charge is 0.493 e. The van der Waals surface area contributed by atoms with Gasteiger partial charge in [0, 0.05) is 36.1 Å². The first-order chi connectivity index (χ1) is 8.69. The molecule has 4 nitrogen and oxygen atoms in total. The second-order valence-corrected chi connectivity index (χ2v) is 5.05. The zero-order valence-corrected chi connectivity index (χ0v) is 11.4. The van der Waals surface area contributed by atoms with Gasteiger partial charge in [0.05, 0.1) is 6.61 Å². The van der Waals surface area contributed by atoms with Crippen molar-refractivity contribution in [2.45, 2.75) is 23.4 Å². The number of benzene rings is 1. The van der Waals surface area contributed by atoms with Crippen molar-refractivity contribution < 1.29 is 4.74 Å². The van der Waals surface area contributed by atoms with Gasteiger partial charge in [-0.15, -0.1) is 0 Å². The van der Waals surface area contributed by atoms with Crippen molar-refractivity contribution in [1.29, 1.82) is 0 Å². The maximum Gasteiger partial charge on any atom is 0.172 e. The van der Waals surface area contributed by atoms with Crippen LogP contribution >= 0.6 is 11.8 Å². The van der Waals surface area contributed by atoms with Crippen molar-refractivity contribution in [3.63, 3.8) is 0 Å². The molecule has 0 saturated heterocycles. The summed E-state index contributed by atoms with van der Waals surface area (Å²) in [5.41, 5.74) is 6.59. The molecule has 0 bridgehead atoms. The Kier molecular flexibility index (Phi) is 4.15. The maximum absolute atomic E-state index is 5.88. The van der Waals surface area contributed by atoms with Crippen LogP contribution in [0.4, 0.5) is 5.69 Å². The average Bonchev–Trinajstić information content (AvgIpc) is 2.72. The molecule has 2 aromatic rings. The number of rotatable bonds is 5. The number of aromatic nitrogens is 2. The fourth-order valence-electron chi connectivity index (χ4n) is 1.51. The second-order valence-electron chi connectivity index (χ2n) is 4.01. The molecule has 0 atom stereocenters. The molecule has 1 heterocycles. The average molecular weight is 263 g/mol. The molecule has 0 unspecified atom stereocenters. The fraction of sp³-hybridized carbons (Fsp3) is 0.308. The summed E-state index contributed by atoms with van der Waals surface area (Å²) in [4.78, 5) is 5.31. The summed E-state index contributed by atoms with van der Waals surface area (Å²) in [5, 5.41) is 0.932. The summed E-state index contributed by atoms with van der Waals surface area (Å²) >= 11 is 1.57. The highest BCUT2D eigenvalue weighted by molar-refractivity contribution is 7.99. The molecule has 0 amide bonds. The van der Waals surface area contributed by atoms with E-state index in [1.54, 1.807) is 18.0 Å². The first-order valence-corrected chi connectivity index (χ1v) is 6.69. The van der Waals surface area contributed by atoms with E-state index in [0.717, 1.165) is 22.2 Å². The van der Waals surface area contributed by atoms with Crippen molar-refractivity contribution in [2.75, 3.05) is 12.3 Å². The highest BCUT2D eigenvalue weighted by Gasteiger charge is 2.05. The van der Waals surface area contributed by atoms with Gasteiger partial charge in [0.15, 0.2) is 5.16 Å². The van der Waals surface area contributed by atoms with Crippen LogP contribution < -0.4 is 10.5 Å². The van der Waals surface area contributed by atoms with Gasteiger partial charge >= 0.3 is 0 Å². The van der Waals surface area contributed by atoms with E-state index in [1.165, 1.54) is 0 Å². The maximum atomic E-state index is 5.88. The van der Waals surface area contributed by atoms with Crippen LogP contribution in [0.1, 0.15) is 13.3 Å². The Balaban J connectivity index is 2.17. The predicted octanol–water partition coefficient (Wildman–Crippen LogP) is 2.94. The Labute approximate surface area is 111 Å². The quantitative estimate of drug-likeness (QED) is 0.843. The van der Waals surface area contributed by atoms with E-state index in [4.69, 9.17) is 10.5 Å². The molecule has 18 heavy (non-hydrogen) atoms. The molecule has 2 N–H and O–H groups in total. The lowest BCUT2D eigenvalue weighted by Crippen LogP contribution is -1.97. The minimum atomic E-state index is 0.704. The van der Waals surface area contributed by atoms with E-state index in [-0.39, 0.29) is 0 Å². The van der Waals surface area contributed by atoms with Gasteiger partial charge in [-0.25, -0.2) is 4.98 Å². The fourth-order valence-corrected chi connectivity index (χ4v) is 2.41. The molecule has 2 rings (SSSR count). The summed E-state index contributed by atoms with van der Waals surface area (Å²) in [6.45, 7) is 2.78. The van der Waals surface area contributed by atoms with Gasteiger partial charge in [-0.1, -0.05) is 18.7 Å². The number of anilines is 1. The minimum absolute atomic E-state index is 0.704. The topological polar surface area (TPSA) is 53.1 Å². The van der Waals surface area contributed by atoms with Gasteiger partial charge in [-0.05, 0) is 18.6 Å². The highest BCUT2D eigenvalue weighted by atomic mass is 32.2. The molecule has 0 aliphatic carbocycles. The van der Waals surface area contributed by atoms with Crippen molar-refractivity contribution >= 4 is 17.4 Å². The van der Waals surface area contributed by atoms with E-state index in [9.17, 15) is 0 Å². The third-order valence-corrected chi connectivity index (χ3v) is 3.41. The summed E-state index contributed by atoms with van der Waals surface area (Å²) in [5.74, 6) is 0.813. The molecule has 0 aliphatic heterocycles. The lowest BCUT2D eigenvalue weighted by atomic mass is 10.3. The van der Waals surface area contributed by atoms with Gasteiger partial charge in [0.1, 0.15) is 5.75 Å². The van der Waals surface area contributed by atoms with Crippen LogP contribution in [0.15, 0.2) is 40.6 Å². The number of hydrogen-bond acceptors (Lipinski definition) is 4. The number of nitrogen functional groups attached to an aromatic ring is 1. The normalized spacial score (nSPS) is 10.6. The van der Waals surface area contributed by atoms with Gasteiger partial charge in [-0.3, -0.25) is 0 Å². The van der Waals surface area contributed by atoms with Crippen molar-refractivity contribution in [3.05, 3.63) is 30.6 Å². The molecule has 1 aromatic carbocycles. The first-order valence-electron chi connectivity index (χ1n) is 5.87. The number of ether oxygens (including phenoxy) is 1. The summed E-state index contributed by atoms with van der Waals surface area (Å²) < 4.78 is 7.58. The SMILES string of the molecule is CCCOc1cc(N)cc(Sc2nccn2C)c1. The second kappa shape index (κ2) is 5.82. The van der Waals surface area contributed by atoms with E-state index in [0.29, 0.717) is 12.3 Å². The molecule has 1 aromatic heterocycles. The molecule has 0 aliphatic rings. The van der Waals surface area contributed by atoms with Crippen LogP contribution in [0.25, 0.3) is 0 Å². The Bertz CT molecular complexity index is 525. The van der Waals surface area contributed by atoms with Gasteiger partial charge in [-0.2, -0.15) is 0 Å². The number of aryl methyl sites for hydroxylation is 1. The van der Waals surface area contributed by atoms with E-state index in [1.807, 2.05) is 36.0 Å². The molecule has 0 saturated carbocycles. The van der Waals surface area contributed by atoms with Gasteiger partial charge in [0.2, 0.25) is 0 Å². The molecule has 96 valence electrons. The predicted molar refractivity (Wildman–Crippen MR) is 74.0 cm³/mol. The summed E-state index contributed by atoms with van der Waals surface area (Å²) in [6, 6.07) is 5.77. The number of hydrogen-bond donors (Lipinski definition) is 1. The zero-order chi connectivity index (χ0) is 13.0. The third-order valence-electron chi connectivity index (χ3n) is 2.36. The van der Waals surface area contributed by atoms with E-state index in [2.05, 4.69) is 11.9 Å². The third kappa shape index (κ3) is 3.20. The Hall–Kier alpha value is -1.62. The Morgan fingerprint density at radius 2 is 2.22 bits per heavy atom. The van der Waals surface area contributed by atoms with Crippen LogP contribution in [0, 0.1) is 0 Å². The van der Waals surface area contributed by atoms with Crippen LogP contribution in [-0.4, -0.2) is 16.2 Å². The first kappa shape index (κ1) is 12.8. The van der Waals surface area contributed by atoms with Crippen molar-refractivity contribution in [1.82, 2.24) is 9.55 Å². The highest BCUT2D eigenvalue weighted by Crippen LogP contribution is 2.31. The van der Waals surface area contributed by atoms with Crippen LogP contribution in [0.3, 0.4) is 0 Å². The van der Waals surface area contributed by atoms with Crippen LogP contribution in [0.2, 0.25) is 0 Å². The van der Waals surface area contributed by atoms with Crippen LogP contribution in [0.5, 0.6) is 5.75 Å². The summed E-state index contributed by atoms with van der Waals surface area (Å²) in [7, 11) is 1.97. The molecule has 0 spiro atoms. The molecular weight excluding hydrogens is 246 g/mol. The standard InChI is InChI=1S/C13H17N3OS/c1-3-6-17-11-7-10(14)8-12(9-11)18-13-15-4-5-16(13)2/h4-5,7-9H,3,6,14H2,1-2H3. The van der Waals surface area contributed by atoms with Crippen molar-refractivity contribution in [2.24, 2.45) is 7.05 Å². The number of nitrogens with two attached hydrogens (primary N) is 1. The van der Waals surface area contributed by atoms with Gasteiger partial charge < -0.3 is 15.0 Å². The number of nitrogens with zero attached hydrogens (tertiary/aromatic N) is 2. The van der Waals surface area contributed by atoms with Crippen molar-refractivity contribution in [3.8, 4) is 5.75 Å². The smallest absolute Gasteiger partial charge is 0.172 e. The van der Waals surface area contributed by atoms with E-state index >= 15 is 0 Å². The molecule has 0 radical (unpaired) electrons. The molecule has 5 heteroatoms. The van der Waals surface area contributed by atoms with Gasteiger partial charge in [0.25, 0.3) is 0 Å². The van der Waals surface area contributed by atoms with E-state index < -0.39 is 0 Å². The summed E-state index contributed by atoms with van der Waals surface area (Å²) in [6.07, 6.45) is 4.68. The molecular formula is C13H17N3OS. The lowest BCUT2D eigenvalue weighted by Gasteiger charge is -2.08. The molecule has 0 fully saturated rings. The monoisotopic (exact) mass is 263 g/mol. The van der Waals surface area contributed by atoms with Crippen LogP contribution in [-0.2, 0) is 7.05 Å². The lowest BCUT2D eigenvalue weighted by molar-refractivity contribution is 0.317. The zero-order valence-electron chi connectivity index (χ0n) is 10.6. The Morgan fingerprint density at radius 1 is 1.39 bits per heavy atom.